The predicted molar refractivity (Wildman–Crippen MR) is 113 cm³/mol. The number of aryl methyl sites for hydroxylation is 1. The Morgan fingerprint density at radius 3 is 2.78 bits per heavy atom. The van der Waals surface area contributed by atoms with Crippen molar-refractivity contribution in [3.63, 3.8) is 0 Å². The van der Waals surface area contributed by atoms with Crippen molar-refractivity contribution in [1.82, 2.24) is 9.88 Å². The molecule has 0 spiro atoms. The van der Waals surface area contributed by atoms with Gasteiger partial charge in [0.1, 0.15) is 0 Å². The quantitative estimate of drug-likeness (QED) is 0.785. The number of hydrogen-bond donors (Lipinski definition) is 1. The van der Waals surface area contributed by atoms with E-state index >= 15 is 0 Å². The number of carbonyl (C=O) groups is 2. The fraction of sp³-hybridized carbons (Fsp3) is 0.450. The molecule has 7 heteroatoms. The zero-order valence-electron chi connectivity index (χ0n) is 15.7. The molecule has 1 aromatic heterocycles. The van der Waals surface area contributed by atoms with Gasteiger partial charge in [0.05, 0.1) is 17.2 Å². The maximum absolute atomic E-state index is 12.3. The first kappa shape index (κ1) is 19.9. The van der Waals surface area contributed by atoms with Crippen LogP contribution in [0.4, 0.5) is 5.13 Å². The number of thioether (sulfide) groups is 1. The van der Waals surface area contributed by atoms with E-state index in [4.69, 9.17) is 0 Å². The average Bonchev–Trinajstić information content (AvgIpc) is 3.02. The van der Waals surface area contributed by atoms with Gasteiger partial charge in [-0.05, 0) is 33.1 Å². The van der Waals surface area contributed by atoms with Gasteiger partial charge in [0.2, 0.25) is 11.8 Å². The highest BCUT2D eigenvalue weighted by molar-refractivity contribution is 8.00. The second-order valence-corrected chi connectivity index (χ2v) is 8.95. The van der Waals surface area contributed by atoms with E-state index in [-0.39, 0.29) is 17.6 Å². The molecule has 144 valence electrons. The number of benzene rings is 1. The zero-order valence-corrected chi connectivity index (χ0v) is 17.4. The number of nitrogens with one attached hydrogen (secondary N) is 1. The van der Waals surface area contributed by atoms with E-state index < -0.39 is 0 Å². The summed E-state index contributed by atoms with van der Waals surface area (Å²) < 4.78 is 0. The number of aromatic nitrogens is 1. The summed E-state index contributed by atoms with van der Waals surface area (Å²) in [6.07, 6.45) is 3.34. The number of likely N-dealkylation sites (tertiary alicyclic amines) is 1. The van der Waals surface area contributed by atoms with Crippen LogP contribution in [-0.2, 0) is 9.59 Å². The SMILES string of the molecule is Cc1sc(NC(=O)CSCC(=O)N2CCCCC2C)nc1-c1ccccc1. The van der Waals surface area contributed by atoms with E-state index in [1.165, 1.54) is 29.5 Å². The molecule has 1 fully saturated rings. The monoisotopic (exact) mass is 403 g/mol. The molecule has 1 N–H and O–H groups in total. The van der Waals surface area contributed by atoms with Gasteiger partial charge in [-0.1, -0.05) is 30.3 Å². The van der Waals surface area contributed by atoms with Gasteiger partial charge in [-0.25, -0.2) is 4.98 Å². The summed E-state index contributed by atoms with van der Waals surface area (Å²) in [6, 6.07) is 10.3. The number of piperidine rings is 1. The van der Waals surface area contributed by atoms with E-state index in [1.807, 2.05) is 42.2 Å². The fourth-order valence-electron chi connectivity index (χ4n) is 3.25. The number of anilines is 1. The standard InChI is InChI=1S/C20H25N3O2S2/c1-14-8-6-7-11-23(14)18(25)13-26-12-17(24)21-20-22-19(15(2)27-20)16-9-4-3-5-10-16/h3-5,9-10,14H,6-8,11-13H2,1-2H3,(H,21,22,24). The third-order valence-corrected chi connectivity index (χ3v) is 6.48. The van der Waals surface area contributed by atoms with Crippen LogP contribution in [-0.4, -0.2) is 45.8 Å². The van der Waals surface area contributed by atoms with Crippen molar-refractivity contribution < 1.29 is 9.59 Å². The van der Waals surface area contributed by atoms with Gasteiger partial charge in [0.15, 0.2) is 5.13 Å². The second-order valence-electron chi connectivity index (χ2n) is 6.76. The summed E-state index contributed by atoms with van der Waals surface area (Å²) in [6.45, 7) is 4.94. The van der Waals surface area contributed by atoms with E-state index in [0.29, 0.717) is 16.9 Å². The summed E-state index contributed by atoms with van der Waals surface area (Å²) in [5.41, 5.74) is 1.94. The average molecular weight is 404 g/mol. The lowest BCUT2D eigenvalue weighted by molar-refractivity contribution is -0.131. The Balaban J connectivity index is 1.48. The molecule has 5 nitrogen and oxygen atoms in total. The van der Waals surface area contributed by atoms with E-state index in [0.717, 1.165) is 35.5 Å². The highest BCUT2D eigenvalue weighted by Gasteiger charge is 2.23. The van der Waals surface area contributed by atoms with Crippen LogP contribution < -0.4 is 5.32 Å². The highest BCUT2D eigenvalue weighted by atomic mass is 32.2. The van der Waals surface area contributed by atoms with Crippen molar-refractivity contribution in [1.29, 1.82) is 0 Å². The Morgan fingerprint density at radius 2 is 2.04 bits per heavy atom. The molecule has 1 saturated heterocycles. The van der Waals surface area contributed by atoms with Gasteiger partial charge in [0.25, 0.3) is 0 Å². The fourth-order valence-corrected chi connectivity index (χ4v) is 4.80. The van der Waals surface area contributed by atoms with E-state index in [2.05, 4.69) is 17.2 Å². The van der Waals surface area contributed by atoms with Crippen molar-refractivity contribution in [2.24, 2.45) is 0 Å². The van der Waals surface area contributed by atoms with Gasteiger partial charge in [-0.15, -0.1) is 23.1 Å². The number of carbonyl (C=O) groups excluding carboxylic acids is 2. The first-order valence-corrected chi connectivity index (χ1v) is 11.2. The highest BCUT2D eigenvalue weighted by Crippen LogP contribution is 2.30. The minimum Gasteiger partial charge on any atom is -0.339 e. The zero-order chi connectivity index (χ0) is 19.2. The van der Waals surface area contributed by atoms with E-state index in [1.54, 1.807) is 0 Å². The Morgan fingerprint density at radius 1 is 1.26 bits per heavy atom. The van der Waals surface area contributed by atoms with Crippen LogP contribution in [0.15, 0.2) is 30.3 Å². The Bertz CT molecular complexity index is 792. The largest absolute Gasteiger partial charge is 0.339 e. The predicted octanol–water partition coefficient (Wildman–Crippen LogP) is 4.19. The van der Waals surface area contributed by atoms with Gasteiger partial charge in [-0.2, -0.15) is 0 Å². The summed E-state index contributed by atoms with van der Waals surface area (Å²) in [5.74, 6) is 0.626. The molecule has 27 heavy (non-hydrogen) atoms. The third-order valence-electron chi connectivity index (χ3n) is 4.67. The lowest BCUT2D eigenvalue weighted by Gasteiger charge is -2.33. The van der Waals surface area contributed by atoms with Crippen molar-refractivity contribution in [2.75, 3.05) is 23.4 Å². The smallest absolute Gasteiger partial charge is 0.236 e. The first-order valence-electron chi connectivity index (χ1n) is 9.24. The number of amides is 2. The normalized spacial score (nSPS) is 17.0. The summed E-state index contributed by atoms with van der Waals surface area (Å²) in [5, 5.41) is 3.46. The lowest BCUT2D eigenvalue weighted by Crippen LogP contribution is -2.43. The van der Waals surface area contributed by atoms with Crippen molar-refractivity contribution in [3.05, 3.63) is 35.2 Å². The van der Waals surface area contributed by atoms with Crippen molar-refractivity contribution in [3.8, 4) is 11.3 Å². The number of hydrogen-bond acceptors (Lipinski definition) is 5. The number of nitrogens with zero attached hydrogens (tertiary/aromatic N) is 2. The number of thiazole rings is 1. The van der Waals surface area contributed by atoms with Crippen LogP contribution in [0.25, 0.3) is 11.3 Å². The summed E-state index contributed by atoms with van der Waals surface area (Å²) in [7, 11) is 0. The topological polar surface area (TPSA) is 62.3 Å². The van der Waals surface area contributed by atoms with Crippen molar-refractivity contribution >= 4 is 40.0 Å². The van der Waals surface area contributed by atoms with Gasteiger partial charge >= 0.3 is 0 Å². The third kappa shape index (κ3) is 5.32. The van der Waals surface area contributed by atoms with Crippen LogP contribution in [0.1, 0.15) is 31.1 Å². The molecular formula is C20H25N3O2S2. The first-order chi connectivity index (χ1) is 13.0. The van der Waals surface area contributed by atoms with Crippen LogP contribution in [0.3, 0.4) is 0 Å². The minimum absolute atomic E-state index is 0.118. The molecule has 0 aliphatic carbocycles. The van der Waals surface area contributed by atoms with Gasteiger partial charge < -0.3 is 10.2 Å². The molecule has 1 aromatic carbocycles. The molecule has 1 unspecified atom stereocenters. The Hall–Kier alpha value is -1.86. The molecule has 2 amide bonds. The molecule has 3 rings (SSSR count). The molecule has 0 radical (unpaired) electrons. The molecule has 1 atom stereocenters. The summed E-state index contributed by atoms with van der Waals surface area (Å²) >= 11 is 2.84. The molecular weight excluding hydrogens is 378 g/mol. The molecule has 0 bridgehead atoms. The molecule has 2 aromatic rings. The maximum Gasteiger partial charge on any atom is 0.236 e. The van der Waals surface area contributed by atoms with Crippen molar-refractivity contribution in [2.45, 2.75) is 39.2 Å². The number of rotatable bonds is 6. The van der Waals surface area contributed by atoms with Crippen LogP contribution in [0.2, 0.25) is 0 Å². The lowest BCUT2D eigenvalue weighted by atomic mass is 10.0. The van der Waals surface area contributed by atoms with Gasteiger partial charge in [0, 0.05) is 23.0 Å². The molecule has 1 aliphatic rings. The van der Waals surface area contributed by atoms with Gasteiger partial charge in [-0.3, -0.25) is 9.59 Å². The summed E-state index contributed by atoms with van der Waals surface area (Å²) in [4.78, 5) is 32.1. The van der Waals surface area contributed by atoms with Crippen LogP contribution in [0, 0.1) is 6.92 Å². The van der Waals surface area contributed by atoms with E-state index in [9.17, 15) is 9.59 Å². The Labute approximate surface area is 168 Å². The van der Waals surface area contributed by atoms with Crippen LogP contribution >= 0.6 is 23.1 Å². The second kappa shape index (κ2) is 9.37. The molecule has 2 heterocycles. The minimum atomic E-state index is -0.118. The van der Waals surface area contributed by atoms with Crippen LogP contribution in [0.5, 0.6) is 0 Å². The maximum atomic E-state index is 12.3. The molecule has 0 saturated carbocycles. The molecule has 1 aliphatic heterocycles. The Kier molecular flexibility index (Phi) is 6.90.